The molecule has 0 aliphatic heterocycles. The van der Waals surface area contributed by atoms with Crippen LogP contribution in [-0.2, 0) is 4.79 Å². The Bertz CT molecular complexity index is 608. The third kappa shape index (κ3) is 3.65. The van der Waals surface area contributed by atoms with Gasteiger partial charge in [0.15, 0.2) is 0 Å². The monoisotopic (exact) mass is 288 g/mol. The van der Waals surface area contributed by atoms with E-state index in [0.717, 1.165) is 5.56 Å². The maximum absolute atomic E-state index is 12.0. The van der Waals surface area contributed by atoms with E-state index < -0.39 is 6.04 Å². The summed E-state index contributed by atoms with van der Waals surface area (Å²) in [5.74, 6) is -0.142. The third-order valence-electron chi connectivity index (χ3n) is 2.85. The van der Waals surface area contributed by atoms with Crippen molar-refractivity contribution in [2.75, 3.05) is 6.54 Å². The van der Waals surface area contributed by atoms with Crippen LogP contribution in [0.25, 0.3) is 11.5 Å². The molecule has 110 valence electrons. The highest BCUT2D eigenvalue weighted by Gasteiger charge is 2.16. The van der Waals surface area contributed by atoms with E-state index in [4.69, 9.17) is 4.42 Å². The Hall–Kier alpha value is -2.70. The molecule has 2 amide bonds. The molecule has 1 aromatic carbocycles. The van der Waals surface area contributed by atoms with Gasteiger partial charge in [-0.25, -0.2) is 0 Å². The molecule has 0 saturated carbocycles. The van der Waals surface area contributed by atoms with Crippen molar-refractivity contribution in [3.63, 3.8) is 0 Å². The molecule has 0 aliphatic rings. The zero-order valence-electron chi connectivity index (χ0n) is 11.8. The number of nitrogens with one attached hydrogen (secondary N) is 2. The fourth-order valence-corrected chi connectivity index (χ4v) is 1.74. The third-order valence-corrected chi connectivity index (χ3v) is 2.85. The summed E-state index contributed by atoms with van der Waals surface area (Å²) in [4.78, 5) is 23.6. The Kier molecular flexibility index (Phi) is 4.65. The molecule has 1 atom stereocenters. The van der Waals surface area contributed by atoms with E-state index in [2.05, 4.69) is 20.8 Å². The van der Waals surface area contributed by atoms with E-state index in [1.165, 1.54) is 6.39 Å². The van der Waals surface area contributed by atoms with Gasteiger partial charge in [0.05, 0.1) is 0 Å². The molecule has 0 aliphatic carbocycles. The molecule has 2 N–H and O–H groups in total. The highest BCUT2D eigenvalue weighted by molar-refractivity contribution is 5.97. The second-order valence-corrected chi connectivity index (χ2v) is 4.41. The molecule has 7 nitrogen and oxygen atoms in total. The van der Waals surface area contributed by atoms with Crippen LogP contribution in [0.3, 0.4) is 0 Å². The van der Waals surface area contributed by atoms with Gasteiger partial charge in [-0.3, -0.25) is 9.59 Å². The van der Waals surface area contributed by atoms with Crippen LogP contribution in [0.1, 0.15) is 24.2 Å². The summed E-state index contributed by atoms with van der Waals surface area (Å²) in [6.07, 6.45) is 1.24. The first-order valence-corrected chi connectivity index (χ1v) is 6.57. The van der Waals surface area contributed by atoms with E-state index in [1.54, 1.807) is 31.2 Å². The molecule has 0 saturated heterocycles. The molecule has 2 aromatic rings. The minimum atomic E-state index is -0.590. The number of amides is 2. The largest absolute Gasteiger partial charge is 0.423 e. The van der Waals surface area contributed by atoms with E-state index in [0.29, 0.717) is 18.0 Å². The van der Waals surface area contributed by atoms with Crippen LogP contribution >= 0.6 is 0 Å². The van der Waals surface area contributed by atoms with Gasteiger partial charge in [-0.1, -0.05) is 0 Å². The summed E-state index contributed by atoms with van der Waals surface area (Å²) in [6.45, 7) is 3.98. The number of carbonyl (C=O) groups excluding carboxylic acids is 2. The number of benzene rings is 1. The topological polar surface area (TPSA) is 97.1 Å². The normalized spacial score (nSPS) is 11.7. The second-order valence-electron chi connectivity index (χ2n) is 4.41. The Morgan fingerprint density at radius 2 is 2.00 bits per heavy atom. The van der Waals surface area contributed by atoms with Crippen molar-refractivity contribution in [1.29, 1.82) is 0 Å². The number of hydrogen-bond acceptors (Lipinski definition) is 5. The van der Waals surface area contributed by atoms with Crippen LogP contribution in [0.5, 0.6) is 0 Å². The van der Waals surface area contributed by atoms with E-state index in [9.17, 15) is 9.59 Å². The SMILES string of the molecule is CCNC(=O)[C@H](C)NC(=O)c1ccc(-c2nnco2)cc1. The maximum atomic E-state index is 12.0. The van der Waals surface area contributed by atoms with Crippen molar-refractivity contribution >= 4 is 11.8 Å². The molecule has 0 spiro atoms. The number of aromatic nitrogens is 2. The van der Waals surface area contributed by atoms with Crippen LogP contribution in [-0.4, -0.2) is 34.6 Å². The van der Waals surface area contributed by atoms with Gasteiger partial charge in [0.25, 0.3) is 5.91 Å². The fourth-order valence-electron chi connectivity index (χ4n) is 1.74. The van der Waals surface area contributed by atoms with Crippen molar-refractivity contribution in [3.05, 3.63) is 36.2 Å². The fraction of sp³-hybridized carbons (Fsp3) is 0.286. The van der Waals surface area contributed by atoms with Gasteiger partial charge < -0.3 is 15.1 Å². The predicted octanol–water partition coefficient (Wildman–Crippen LogP) is 0.991. The second kappa shape index (κ2) is 6.65. The number of rotatable bonds is 5. The molecule has 1 heterocycles. The van der Waals surface area contributed by atoms with Crippen molar-refractivity contribution in [2.24, 2.45) is 0 Å². The first-order chi connectivity index (χ1) is 10.1. The Morgan fingerprint density at radius 3 is 2.57 bits per heavy atom. The lowest BCUT2D eigenvalue weighted by molar-refractivity contribution is -0.122. The Morgan fingerprint density at radius 1 is 1.29 bits per heavy atom. The van der Waals surface area contributed by atoms with Crippen LogP contribution in [0.4, 0.5) is 0 Å². The number of likely N-dealkylation sites (N-methyl/N-ethyl adjacent to an activating group) is 1. The average Bonchev–Trinajstić information content (AvgIpc) is 3.01. The Labute approximate surface area is 121 Å². The summed E-state index contributed by atoms with van der Waals surface area (Å²) >= 11 is 0. The lowest BCUT2D eigenvalue weighted by Gasteiger charge is -2.13. The summed E-state index contributed by atoms with van der Waals surface area (Å²) in [5, 5.41) is 12.7. The van der Waals surface area contributed by atoms with Gasteiger partial charge in [0, 0.05) is 17.7 Å². The molecule has 7 heteroatoms. The van der Waals surface area contributed by atoms with Gasteiger partial charge in [-0.2, -0.15) is 0 Å². The molecule has 1 aromatic heterocycles. The van der Waals surface area contributed by atoms with Crippen molar-refractivity contribution in [2.45, 2.75) is 19.9 Å². The van der Waals surface area contributed by atoms with E-state index in [-0.39, 0.29) is 11.8 Å². The summed E-state index contributed by atoms with van der Waals surface area (Å²) in [6, 6.07) is 6.10. The van der Waals surface area contributed by atoms with Crippen molar-refractivity contribution in [3.8, 4) is 11.5 Å². The molecule has 0 unspecified atom stereocenters. The smallest absolute Gasteiger partial charge is 0.251 e. The quantitative estimate of drug-likeness (QED) is 0.855. The zero-order valence-corrected chi connectivity index (χ0v) is 11.8. The highest BCUT2D eigenvalue weighted by Crippen LogP contribution is 2.16. The van der Waals surface area contributed by atoms with E-state index in [1.807, 2.05) is 6.92 Å². The van der Waals surface area contributed by atoms with Gasteiger partial charge in [-0.05, 0) is 38.1 Å². The van der Waals surface area contributed by atoms with Gasteiger partial charge in [0.1, 0.15) is 6.04 Å². The predicted molar refractivity (Wildman–Crippen MR) is 75.3 cm³/mol. The average molecular weight is 288 g/mol. The van der Waals surface area contributed by atoms with Gasteiger partial charge in [-0.15, -0.1) is 10.2 Å². The lowest BCUT2D eigenvalue weighted by Crippen LogP contribution is -2.44. The van der Waals surface area contributed by atoms with Crippen LogP contribution in [0.15, 0.2) is 35.1 Å². The molecular formula is C14H16N4O3. The minimum absolute atomic E-state index is 0.215. The molecule has 0 fully saturated rings. The standard InChI is InChI=1S/C14H16N4O3/c1-3-15-12(19)9(2)17-13(20)10-4-6-11(7-5-10)14-18-16-8-21-14/h4-9H,3H2,1-2H3,(H,15,19)(H,17,20)/t9-/m0/s1. The van der Waals surface area contributed by atoms with Crippen molar-refractivity contribution in [1.82, 2.24) is 20.8 Å². The van der Waals surface area contributed by atoms with Crippen molar-refractivity contribution < 1.29 is 14.0 Å². The lowest BCUT2D eigenvalue weighted by atomic mass is 10.1. The Balaban J connectivity index is 2.02. The summed E-state index contributed by atoms with van der Waals surface area (Å²) in [5.41, 5.74) is 1.18. The maximum Gasteiger partial charge on any atom is 0.251 e. The molecular weight excluding hydrogens is 272 g/mol. The molecule has 2 rings (SSSR count). The first-order valence-electron chi connectivity index (χ1n) is 6.57. The van der Waals surface area contributed by atoms with Crippen LogP contribution in [0, 0.1) is 0 Å². The molecule has 21 heavy (non-hydrogen) atoms. The van der Waals surface area contributed by atoms with Gasteiger partial charge in [0.2, 0.25) is 18.2 Å². The van der Waals surface area contributed by atoms with Gasteiger partial charge >= 0.3 is 0 Å². The highest BCUT2D eigenvalue weighted by atomic mass is 16.4. The number of hydrogen-bond donors (Lipinski definition) is 2. The zero-order chi connectivity index (χ0) is 15.2. The summed E-state index contributed by atoms with van der Waals surface area (Å²) < 4.78 is 5.07. The summed E-state index contributed by atoms with van der Waals surface area (Å²) in [7, 11) is 0. The number of carbonyl (C=O) groups is 2. The molecule has 0 radical (unpaired) electrons. The number of nitrogens with zero attached hydrogens (tertiary/aromatic N) is 2. The van der Waals surface area contributed by atoms with Crippen LogP contribution in [0.2, 0.25) is 0 Å². The molecule has 0 bridgehead atoms. The van der Waals surface area contributed by atoms with Crippen LogP contribution < -0.4 is 10.6 Å². The minimum Gasteiger partial charge on any atom is -0.423 e. The van der Waals surface area contributed by atoms with E-state index >= 15 is 0 Å². The first kappa shape index (κ1) is 14.7.